The third-order valence-electron chi connectivity index (χ3n) is 2.38. The van der Waals surface area contributed by atoms with Crippen molar-refractivity contribution < 1.29 is 18.3 Å². The zero-order valence-corrected chi connectivity index (χ0v) is 11.3. The van der Waals surface area contributed by atoms with Gasteiger partial charge >= 0.3 is 6.18 Å². The number of aliphatic hydroxyl groups excluding tert-OH is 1. The highest BCUT2D eigenvalue weighted by Gasteiger charge is 2.33. The predicted octanol–water partition coefficient (Wildman–Crippen LogP) is 2.80. The van der Waals surface area contributed by atoms with E-state index >= 15 is 0 Å². The van der Waals surface area contributed by atoms with E-state index < -0.39 is 18.8 Å². The quantitative estimate of drug-likeness (QED) is 0.821. The largest absolute Gasteiger partial charge is 0.401 e. The summed E-state index contributed by atoms with van der Waals surface area (Å²) < 4.78 is 37.2. The van der Waals surface area contributed by atoms with Crippen molar-refractivity contribution >= 4 is 22.9 Å². The second-order valence-corrected chi connectivity index (χ2v) is 4.95. The molecule has 0 fully saturated rings. The van der Waals surface area contributed by atoms with Gasteiger partial charge in [-0.3, -0.25) is 4.90 Å². The highest BCUT2D eigenvalue weighted by atomic mass is 35.5. The average Bonchev–Trinajstić information content (AvgIpc) is 2.74. The van der Waals surface area contributed by atoms with Crippen LogP contribution in [0.5, 0.6) is 0 Å². The van der Waals surface area contributed by atoms with Crippen LogP contribution in [0.15, 0.2) is 5.38 Å². The molecule has 0 bridgehead atoms. The number of thiazole rings is 1. The van der Waals surface area contributed by atoms with E-state index in [1.165, 1.54) is 11.3 Å². The van der Waals surface area contributed by atoms with Crippen molar-refractivity contribution in [3.63, 3.8) is 0 Å². The summed E-state index contributed by atoms with van der Waals surface area (Å²) in [6.45, 7) is 0.202. The van der Waals surface area contributed by atoms with Gasteiger partial charge in [0, 0.05) is 11.9 Å². The molecule has 0 amide bonds. The monoisotopic (exact) mass is 302 g/mol. The lowest BCUT2D eigenvalue weighted by Crippen LogP contribution is -2.38. The van der Waals surface area contributed by atoms with E-state index in [0.29, 0.717) is 10.7 Å². The molecule has 0 saturated carbocycles. The van der Waals surface area contributed by atoms with Crippen LogP contribution in [0.4, 0.5) is 13.2 Å². The topological polar surface area (TPSA) is 36.4 Å². The Morgan fingerprint density at radius 2 is 2.22 bits per heavy atom. The van der Waals surface area contributed by atoms with E-state index in [1.54, 1.807) is 12.3 Å². The fourth-order valence-corrected chi connectivity index (χ4v) is 2.64. The molecular formula is C10H14ClF3N2OS. The minimum Gasteiger partial charge on any atom is -0.395 e. The minimum atomic E-state index is -4.30. The maximum atomic E-state index is 12.4. The zero-order valence-electron chi connectivity index (χ0n) is 9.74. The standard InChI is InChI=1S/C10H14ClF3N2OS/c1-7(9-15-8(4-11)5-18-9)16(2-3-17)6-10(12,13)14/h5,7,17H,2-4,6H2,1H3. The first-order chi connectivity index (χ1) is 8.37. The Morgan fingerprint density at radius 3 is 2.67 bits per heavy atom. The van der Waals surface area contributed by atoms with E-state index in [1.807, 2.05) is 0 Å². The number of hydrogen-bond acceptors (Lipinski definition) is 4. The fourth-order valence-electron chi connectivity index (χ4n) is 1.50. The maximum Gasteiger partial charge on any atom is 0.401 e. The van der Waals surface area contributed by atoms with Crippen molar-refractivity contribution in [2.24, 2.45) is 0 Å². The molecule has 0 spiro atoms. The molecule has 0 aliphatic heterocycles. The molecule has 1 heterocycles. The second kappa shape index (κ2) is 6.70. The number of alkyl halides is 4. The first-order valence-corrected chi connectivity index (χ1v) is 6.70. The molecule has 1 unspecified atom stereocenters. The number of aliphatic hydroxyl groups is 1. The molecule has 0 radical (unpaired) electrons. The summed E-state index contributed by atoms with van der Waals surface area (Å²) in [5.74, 6) is 0.239. The van der Waals surface area contributed by atoms with Crippen LogP contribution in [0, 0.1) is 0 Å². The Labute approximate surface area is 112 Å². The number of halogens is 4. The molecule has 104 valence electrons. The number of aromatic nitrogens is 1. The van der Waals surface area contributed by atoms with Gasteiger partial charge in [0.15, 0.2) is 0 Å². The highest BCUT2D eigenvalue weighted by Crippen LogP contribution is 2.27. The van der Waals surface area contributed by atoms with Crippen LogP contribution in [-0.2, 0) is 5.88 Å². The maximum absolute atomic E-state index is 12.4. The number of hydrogen-bond donors (Lipinski definition) is 1. The first kappa shape index (κ1) is 15.7. The normalized spacial score (nSPS) is 14.2. The summed E-state index contributed by atoms with van der Waals surface area (Å²) in [5, 5.41) is 11.1. The van der Waals surface area contributed by atoms with Gasteiger partial charge in [0.1, 0.15) is 5.01 Å². The van der Waals surface area contributed by atoms with Gasteiger partial charge < -0.3 is 5.11 Å². The third kappa shape index (κ3) is 4.72. The Balaban J connectivity index is 2.78. The number of rotatable bonds is 6. The van der Waals surface area contributed by atoms with Crippen molar-refractivity contribution in [3.05, 3.63) is 16.1 Å². The van der Waals surface area contributed by atoms with Gasteiger partial charge in [-0.1, -0.05) is 0 Å². The lowest BCUT2D eigenvalue weighted by molar-refractivity contribution is -0.151. The van der Waals surface area contributed by atoms with Gasteiger partial charge in [-0.25, -0.2) is 4.98 Å². The highest BCUT2D eigenvalue weighted by molar-refractivity contribution is 7.09. The summed E-state index contributed by atoms with van der Waals surface area (Å²) in [7, 11) is 0. The van der Waals surface area contributed by atoms with Crippen LogP contribution in [-0.4, -0.2) is 40.9 Å². The fraction of sp³-hybridized carbons (Fsp3) is 0.700. The summed E-state index contributed by atoms with van der Waals surface area (Å²) in [6.07, 6.45) is -4.30. The SMILES string of the molecule is CC(c1nc(CCl)cs1)N(CCO)CC(F)(F)F. The molecule has 0 aliphatic rings. The Morgan fingerprint density at radius 1 is 1.56 bits per heavy atom. The lowest BCUT2D eigenvalue weighted by Gasteiger charge is -2.27. The minimum absolute atomic E-state index is 0.0452. The first-order valence-electron chi connectivity index (χ1n) is 5.29. The average molecular weight is 303 g/mol. The summed E-state index contributed by atoms with van der Waals surface area (Å²) >= 11 is 6.88. The Kier molecular flexibility index (Phi) is 5.84. The van der Waals surface area contributed by atoms with Gasteiger partial charge in [-0.15, -0.1) is 22.9 Å². The summed E-state index contributed by atoms with van der Waals surface area (Å²) in [5.41, 5.74) is 0.652. The van der Waals surface area contributed by atoms with Crippen molar-refractivity contribution in [1.29, 1.82) is 0 Å². The summed E-state index contributed by atoms with van der Waals surface area (Å²) in [4.78, 5) is 5.31. The molecular weight excluding hydrogens is 289 g/mol. The van der Waals surface area contributed by atoms with E-state index in [9.17, 15) is 13.2 Å². The molecule has 1 rings (SSSR count). The molecule has 1 atom stereocenters. The van der Waals surface area contributed by atoms with Crippen molar-refractivity contribution in [3.8, 4) is 0 Å². The van der Waals surface area contributed by atoms with Crippen molar-refractivity contribution in [2.75, 3.05) is 19.7 Å². The van der Waals surface area contributed by atoms with Crippen LogP contribution < -0.4 is 0 Å². The second-order valence-electron chi connectivity index (χ2n) is 3.80. The Hall–Kier alpha value is -0.370. The van der Waals surface area contributed by atoms with Crippen LogP contribution in [0.25, 0.3) is 0 Å². The van der Waals surface area contributed by atoms with Gasteiger partial charge in [-0.05, 0) is 6.92 Å². The van der Waals surface area contributed by atoms with Crippen molar-refractivity contribution in [1.82, 2.24) is 9.88 Å². The van der Waals surface area contributed by atoms with Crippen LogP contribution >= 0.6 is 22.9 Å². The molecule has 1 aromatic heterocycles. The molecule has 0 saturated heterocycles. The third-order valence-corrected chi connectivity index (χ3v) is 3.72. The summed E-state index contributed by atoms with van der Waals surface area (Å²) in [6, 6.07) is -0.499. The molecule has 0 aliphatic carbocycles. The van der Waals surface area contributed by atoms with Crippen LogP contribution in [0.1, 0.15) is 23.7 Å². The number of nitrogens with zero attached hydrogens (tertiary/aromatic N) is 2. The smallest absolute Gasteiger partial charge is 0.395 e. The van der Waals surface area contributed by atoms with Gasteiger partial charge in [0.2, 0.25) is 0 Å². The van der Waals surface area contributed by atoms with Gasteiger partial charge in [0.05, 0.1) is 30.8 Å². The Bertz CT molecular complexity index is 372. The van der Waals surface area contributed by atoms with E-state index in [2.05, 4.69) is 4.98 Å². The molecule has 3 nitrogen and oxygen atoms in total. The van der Waals surface area contributed by atoms with Crippen LogP contribution in [0.2, 0.25) is 0 Å². The zero-order chi connectivity index (χ0) is 13.8. The van der Waals surface area contributed by atoms with E-state index in [0.717, 1.165) is 4.90 Å². The molecule has 8 heteroatoms. The van der Waals surface area contributed by atoms with Gasteiger partial charge in [-0.2, -0.15) is 13.2 Å². The van der Waals surface area contributed by atoms with Gasteiger partial charge in [0.25, 0.3) is 0 Å². The van der Waals surface area contributed by atoms with Crippen LogP contribution in [0.3, 0.4) is 0 Å². The molecule has 1 aromatic rings. The molecule has 0 aromatic carbocycles. The molecule has 18 heavy (non-hydrogen) atoms. The lowest BCUT2D eigenvalue weighted by atomic mass is 10.3. The van der Waals surface area contributed by atoms with E-state index in [4.69, 9.17) is 16.7 Å². The molecule has 1 N–H and O–H groups in total. The predicted molar refractivity (Wildman–Crippen MR) is 64.8 cm³/mol. The van der Waals surface area contributed by atoms with E-state index in [-0.39, 0.29) is 19.0 Å². The van der Waals surface area contributed by atoms with Crippen molar-refractivity contribution in [2.45, 2.75) is 25.0 Å².